The standard InChI is InChI=1S/C12H17BrN2O2/c1-3-17-7-8(2)15-12(16)10-6-9(14)4-5-11(10)13/h4-6,8H,3,7,14H2,1-2H3,(H,15,16). The molecule has 5 heteroatoms. The Bertz CT molecular complexity index is 396. The molecule has 0 fully saturated rings. The van der Waals surface area contributed by atoms with Gasteiger partial charge in [0.15, 0.2) is 0 Å². The third kappa shape index (κ3) is 4.36. The number of hydrogen-bond acceptors (Lipinski definition) is 3. The van der Waals surface area contributed by atoms with Crippen molar-refractivity contribution < 1.29 is 9.53 Å². The Kier molecular flexibility index (Phi) is 5.44. The largest absolute Gasteiger partial charge is 0.399 e. The Morgan fingerprint density at radius 1 is 1.59 bits per heavy atom. The van der Waals surface area contributed by atoms with Gasteiger partial charge in [0.1, 0.15) is 0 Å². The zero-order valence-corrected chi connectivity index (χ0v) is 11.6. The Morgan fingerprint density at radius 2 is 2.29 bits per heavy atom. The normalized spacial score (nSPS) is 12.2. The van der Waals surface area contributed by atoms with Gasteiger partial charge < -0.3 is 15.8 Å². The van der Waals surface area contributed by atoms with Gasteiger partial charge in [-0.15, -0.1) is 0 Å². The van der Waals surface area contributed by atoms with E-state index in [4.69, 9.17) is 10.5 Å². The minimum Gasteiger partial charge on any atom is -0.399 e. The summed E-state index contributed by atoms with van der Waals surface area (Å²) in [7, 11) is 0. The molecule has 0 bridgehead atoms. The number of amides is 1. The van der Waals surface area contributed by atoms with Gasteiger partial charge >= 0.3 is 0 Å². The summed E-state index contributed by atoms with van der Waals surface area (Å²) in [5.74, 6) is -0.156. The first kappa shape index (κ1) is 14.0. The minimum absolute atomic E-state index is 0.0317. The van der Waals surface area contributed by atoms with Gasteiger partial charge in [0, 0.05) is 22.8 Å². The predicted octanol–water partition coefficient (Wildman–Crippen LogP) is 2.19. The third-order valence-electron chi connectivity index (χ3n) is 2.18. The van der Waals surface area contributed by atoms with Crippen LogP contribution in [0, 0.1) is 0 Å². The molecule has 1 amide bonds. The first-order valence-electron chi connectivity index (χ1n) is 5.48. The zero-order valence-electron chi connectivity index (χ0n) is 10.00. The van der Waals surface area contributed by atoms with Crippen molar-refractivity contribution in [2.24, 2.45) is 0 Å². The van der Waals surface area contributed by atoms with Crippen LogP contribution in [-0.2, 0) is 4.74 Å². The van der Waals surface area contributed by atoms with Crippen molar-refractivity contribution in [1.29, 1.82) is 0 Å². The van der Waals surface area contributed by atoms with Gasteiger partial charge in [-0.05, 0) is 48.0 Å². The monoisotopic (exact) mass is 300 g/mol. The van der Waals surface area contributed by atoms with E-state index in [0.29, 0.717) is 24.5 Å². The summed E-state index contributed by atoms with van der Waals surface area (Å²) in [6.45, 7) is 4.96. The molecular weight excluding hydrogens is 284 g/mol. The van der Waals surface area contributed by atoms with E-state index in [-0.39, 0.29) is 11.9 Å². The van der Waals surface area contributed by atoms with Gasteiger partial charge in [0.2, 0.25) is 0 Å². The molecule has 94 valence electrons. The van der Waals surface area contributed by atoms with Crippen LogP contribution in [-0.4, -0.2) is 25.2 Å². The second kappa shape index (κ2) is 6.61. The molecule has 0 aliphatic carbocycles. The molecule has 1 aromatic rings. The van der Waals surface area contributed by atoms with Gasteiger partial charge in [-0.3, -0.25) is 4.79 Å². The lowest BCUT2D eigenvalue weighted by molar-refractivity contribution is 0.0871. The van der Waals surface area contributed by atoms with Crippen LogP contribution < -0.4 is 11.1 Å². The van der Waals surface area contributed by atoms with Gasteiger partial charge in [0.05, 0.1) is 12.2 Å². The quantitative estimate of drug-likeness (QED) is 0.819. The number of carbonyl (C=O) groups excluding carboxylic acids is 1. The number of halogens is 1. The van der Waals surface area contributed by atoms with Gasteiger partial charge in [-0.2, -0.15) is 0 Å². The maximum absolute atomic E-state index is 11.9. The number of ether oxygens (including phenoxy) is 1. The molecule has 1 atom stereocenters. The molecule has 0 aromatic heterocycles. The highest BCUT2D eigenvalue weighted by Crippen LogP contribution is 2.19. The molecule has 0 heterocycles. The minimum atomic E-state index is -0.156. The molecule has 0 saturated heterocycles. The van der Waals surface area contributed by atoms with E-state index in [0.717, 1.165) is 4.47 Å². The number of nitrogens with one attached hydrogen (secondary N) is 1. The van der Waals surface area contributed by atoms with Gasteiger partial charge in [0.25, 0.3) is 5.91 Å². The third-order valence-corrected chi connectivity index (χ3v) is 2.88. The molecule has 4 nitrogen and oxygen atoms in total. The zero-order chi connectivity index (χ0) is 12.8. The van der Waals surface area contributed by atoms with Crippen LogP contribution in [0.3, 0.4) is 0 Å². The van der Waals surface area contributed by atoms with Crippen molar-refractivity contribution in [2.45, 2.75) is 19.9 Å². The molecule has 1 aromatic carbocycles. The van der Waals surface area contributed by atoms with Crippen molar-refractivity contribution in [2.75, 3.05) is 18.9 Å². The first-order chi connectivity index (χ1) is 8.04. The number of nitrogens with two attached hydrogens (primary N) is 1. The maximum atomic E-state index is 11.9. The fourth-order valence-electron chi connectivity index (χ4n) is 1.35. The smallest absolute Gasteiger partial charge is 0.252 e. The van der Waals surface area contributed by atoms with E-state index in [9.17, 15) is 4.79 Å². The van der Waals surface area contributed by atoms with E-state index in [1.807, 2.05) is 13.8 Å². The maximum Gasteiger partial charge on any atom is 0.252 e. The molecule has 3 N–H and O–H groups in total. The molecule has 0 aliphatic heterocycles. The van der Waals surface area contributed by atoms with Crippen LogP contribution in [0.4, 0.5) is 5.69 Å². The Hall–Kier alpha value is -1.07. The van der Waals surface area contributed by atoms with Crippen LogP contribution >= 0.6 is 15.9 Å². The number of carbonyl (C=O) groups is 1. The summed E-state index contributed by atoms with van der Waals surface area (Å²) in [6, 6.07) is 5.12. The van der Waals surface area contributed by atoms with Crippen LogP contribution in [0.2, 0.25) is 0 Å². The van der Waals surface area contributed by atoms with E-state index in [1.165, 1.54) is 0 Å². The van der Waals surface area contributed by atoms with Gasteiger partial charge in [-0.1, -0.05) is 0 Å². The van der Waals surface area contributed by atoms with Crippen molar-refractivity contribution in [1.82, 2.24) is 5.32 Å². The fraction of sp³-hybridized carbons (Fsp3) is 0.417. The van der Waals surface area contributed by atoms with Gasteiger partial charge in [-0.25, -0.2) is 0 Å². The molecule has 1 rings (SSSR count). The predicted molar refractivity (Wildman–Crippen MR) is 72.0 cm³/mol. The lowest BCUT2D eigenvalue weighted by Crippen LogP contribution is -2.36. The SMILES string of the molecule is CCOCC(C)NC(=O)c1cc(N)ccc1Br. The summed E-state index contributed by atoms with van der Waals surface area (Å²) in [5, 5.41) is 2.85. The summed E-state index contributed by atoms with van der Waals surface area (Å²) in [4.78, 5) is 11.9. The molecule has 0 saturated carbocycles. The molecule has 17 heavy (non-hydrogen) atoms. The van der Waals surface area contributed by atoms with E-state index in [2.05, 4.69) is 21.2 Å². The van der Waals surface area contributed by atoms with Crippen molar-refractivity contribution in [3.63, 3.8) is 0 Å². The van der Waals surface area contributed by atoms with Crippen molar-refractivity contribution >= 4 is 27.5 Å². The highest BCUT2D eigenvalue weighted by Gasteiger charge is 2.13. The average Bonchev–Trinajstić information content (AvgIpc) is 2.29. The number of nitrogen functional groups attached to an aromatic ring is 1. The van der Waals surface area contributed by atoms with E-state index in [1.54, 1.807) is 18.2 Å². The van der Waals surface area contributed by atoms with Crippen LogP contribution in [0.15, 0.2) is 22.7 Å². The molecule has 0 aliphatic rings. The summed E-state index contributed by atoms with van der Waals surface area (Å²) >= 11 is 3.33. The summed E-state index contributed by atoms with van der Waals surface area (Å²) in [5.41, 5.74) is 6.75. The highest BCUT2D eigenvalue weighted by molar-refractivity contribution is 9.10. The van der Waals surface area contributed by atoms with E-state index < -0.39 is 0 Å². The number of anilines is 1. The van der Waals surface area contributed by atoms with E-state index >= 15 is 0 Å². The topological polar surface area (TPSA) is 64.3 Å². The van der Waals surface area contributed by atoms with Crippen LogP contribution in [0.1, 0.15) is 24.2 Å². The van der Waals surface area contributed by atoms with Crippen molar-refractivity contribution in [3.05, 3.63) is 28.2 Å². The highest BCUT2D eigenvalue weighted by atomic mass is 79.9. The second-order valence-electron chi connectivity index (χ2n) is 3.77. The number of hydrogen-bond donors (Lipinski definition) is 2. The average molecular weight is 301 g/mol. The molecule has 1 unspecified atom stereocenters. The molecule has 0 spiro atoms. The fourth-order valence-corrected chi connectivity index (χ4v) is 1.78. The lowest BCUT2D eigenvalue weighted by atomic mass is 10.2. The number of rotatable bonds is 5. The Morgan fingerprint density at radius 3 is 2.94 bits per heavy atom. The van der Waals surface area contributed by atoms with Crippen LogP contribution in [0.5, 0.6) is 0 Å². The number of benzene rings is 1. The Labute approximate surface area is 110 Å². The second-order valence-corrected chi connectivity index (χ2v) is 4.63. The molecule has 0 radical (unpaired) electrons. The lowest BCUT2D eigenvalue weighted by Gasteiger charge is -2.14. The van der Waals surface area contributed by atoms with Crippen LogP contribution in [0.25, 0.3) is 0 Å². The summed E-state index contributed by atoms with van der Waals surface area (Å²) < 4.78 is 5.96. The first-order valence-corrected chi connectivity index (χ1v) is 6.27. The molecular formula is C12H17BrN2O2. The summed E-state index contributed by atoms with van der Waals surface area (Å²) in [6.07, 6.45) is 0. The Balaban J connectivity index is 2.66. The van der Waals surface area contributed by atoms with Crippen molar-refractivity contribution in [3.8, 4) is 0 Å².